The molecule has 0 saturated heterocycles. The molecule has 0 nitrogen and oxygen atoms in total. The Morgan fingerprint density at radius 2 is 1.50 bits per heavy atom. The molecule has 0 aromatic carbocycles. The average Bonchev–Trinajstić information content (AvgIpc) is 2.17. The molecule has 0 bridgehead atoms. The van der Waals surface area contributed by atoms with Crippen LogP contribution in [0, 0.1) is 0 Å². The topological polar surface area (TPSA) is 0 Å². The maximum absolute atomic E-state index is 3.12. The van der Waals surface area contributed by atoms with Gasteiger partial charge in [0.05, 0.1) is 0 Å². The molecule has 0 aliphatic heterocycles. The summed E-state index contributed by atoms with van der Waals surface area (Å²) < 4.78 is 0. The monoisotopic (exact) mass is 108 g/mol. The summed E-state index contributed by atoms with van der Waals surface area (Å²) in [4.78, 5) is 0. The van der Waals surface area contributed by atoms with E-state index < -0.39 is 0 Å². The summed E-state index contributed by atoms with van der Waals surface area (Å²) in [6.07, 6.45) is 8.50. The summed E-state index contributed by atoms with van der Waals surface area (Å²) in [7, 11) is 0. The van der Waals surface area contributed by atoms with Crippen molar-refractivity contribution in [2.45, 2.75) is 19.3 Å². The molecule has 8 heavy (non-hydrogen) atoms. The minimum atomic E-state index is 1.32. The Bertz CT molecular complexity index is 86.6. The van der Waals surface area contributed by atoms with Gasteiger partial charge in [-0.15, -0.1) is 5.73 Å². The van der Waals surface area contributed by atoms with E-state index in [0.717, 1.165) is 0 Å². The third-order valence-corrected chi connectivity index (χ3v) is 0.908. The van der Waals surface area contributed by atoms with Crippen molar-refractivity contribution in [1.29, 1.82) is 0 Å². The van der Waals surface area contributed by atoms with Crippen LogP contribution < -0.4 is 0 Å². The Morgan fingerprint density at radius 1 is 1.12 bits per heavy atom. The molecule has 1 aliphatic rings. The molecule has 0 aromatic heterocycles. The van der Waals surface area contributed by atoms with Crippen molar-refractivity contribution in [1.82, 2.24) is 0 Å². The van der Waals surface area contributed by atoms with Gasteiger partial charge < -0.3 is 0 Å². The molecule has 0 saturated carbocycles. The second kappa shape index (κ2) is 6.26. The van der Waals surface area contributed by atoms with Crippen LogP contribution in [0.5, 0.6) is 0 Å². The van der Waals surface area contributed by atoms with E-state index in [1.54, 1.807) is 0 Å². The van der Waals surface area contributed by atoms with E-state index >= 15 is 0 Å². The lowest BCUT2D eigenvalue weighted by Gasteiger charge is -1.69. The van der Waals surface area contributed by atoms with Gasteiger partial charge in [0.15, 0.2) is 0 Å². The number of hydrogen-bond donors (Lipinski definition) is 0. The van der Waals surface area contributed by atoms with Gasteiger partial charge in [-0.25, -0.2) is 0 Å². The molecule has 0 atom stereocenters. The van der Waals surface area contributed by atoms with Gasteiger partial charge in [0.1, 0.15) is 0 Å². The Balaban J connectivity index is 0.000000145. The largest absolute Gasteiger partial charge is 0.137 e. The fraction of sp³-hybridized carbons (Fsp3) is 0.375. The van der Waals surface area contributed by atoms with E-state index in [2.05, 4.69) is 31.0 Å². The number of allylic oxidation sites excluding steroid dienone is 2. The summed E-state index contributed by atoms with van der Waals surface area (Å²) in [5.41, 5.74) is 2.25. The van der Waals surface area contributed by atoms with Crippen molar-refractivity contribution in [2.75, 3.05) is 0 Å². The Hall–Kier alpha value is -0.740. The van der Waals surface area contributed by atoms with Gasteiger partial charge in [-0.05, 0) is 19.3 Å². The smallest absolute Gasteiger partial charge is 0.0348 e. The average molecular weight is 108 g/mol. The van der Waals surface area contributed by atoms with E-state index in [0.29, 0.717) is 0 Å². The second-order valence-corrected chi connectivity index (χ2v) is 1.65. The molecule has 0 fully saturated rings. The summed E-state index contributed by atoms with van der Waals surface area (Å²) >= 11 is 0. The highest BCUT2D eigenvalue weighted by molar-refractivity contribution is 4.88. The van der Waals surface area contributed by atoms with Crippen LogP contribution in [0.1, 0.15) is 19.3 Å². The molecule has 44 valence electrons. The molecular weight excluding hydrogens is 96.1 g/mol. The lowest BCUT2D eigenvalue weighted by molar-refractivity contribution is 0.929. The molecule has 1 aliphatic carbocycles. The number of rotatable bonds is 0. The Kier molecular flexibility index (Phi) is 5.68. The van der Waals surface area contributed by atoms with Crippen molar-refractivity contribution in [3.8, 4) is 0 Å². The van der Waals surface area contributed by atoms with Crippen LogP contribution in [0.15, 0.2) is 31.0 Å². The molecule has 1 rings (SSSR count). The van der Waals surface area contributed by atoms with Crippen molar-refractivity contribution in [2.24, 2.45) is 0 Å². The molecule has 0 radical (unpaired) electrons. The first kappa shape index (κ1) is 7.26. The maximum atomic E-state index is 3.12. The van der Waals surface area contributed by atoms with Gasteiger partial charge in [0.25, 0.3) is 0 Å². The van der Waals surface area contributed by atoms with Gasteiger partial charge in [-0.1, -0.05) is 25.3 Å². The van der Waals surface area contributed by atoms with Crippen molar-refractivity contribution in [3.63, 3.8) is 0 Å². The van der Waals surface area contributed by atoms with E-state index in [9.17, 15) is 0 Å². The van der Waals surface area contributed by atoms with Gasteiger partial charge in [-0.2, -0.15) is 0 Å². The lowest BCUT2D eigenvalue weighted by Crippen LogP contribution is -1.50. The Labute approximate surface area is 51.2 Å². The van der Waals surface area contributed by atoms with Crippen molar-refractivity contribution < 1.29 is 0 Å². The predicted molar refractivity (Wildman–Crippen MR) is 37.8 cm³/mol. The first-order valence-corrected chi connectivity index (χ1v) is 2.86. The van der Waals surface area contributed by atoms with E-state index in [-0.39, 0.29) is 0 Å². The molecule has 0 amide bonds. The van der Waals surface area contributed by atoms with E-state index in [1.807, 2.05) is 0 Å². The zero-order valence-electron chi connectivity index (χ0n) is 5.19. The van der Waals surface area contributed by atoms with Gasteiger partial charge in [-0.3, -0.25) is 0 Å². The van der Waals surface area contributed by atoms with Crippen LogP contribution in [0.3, 0.4) is 0 Å². The highest BCUT2D eigenvalue weighted by atomic mass is 13.9. The summed E-state index contributed by atoms with van der Waals surface area (Å²) in [5.74, 6) is 0. The normalized spacial score (nSPS) is 14.0. The third kappa shape index (κ3) is 5.26. The SMILES string of the molecule is C1=CCCC1.C=C=C. The van der Waals surface area contributed by atoms with Gasteiger partial charge in [0.2, 0.25) is 0 Å². The van der Waals surface area contributed by atoms with Crippen LogP contribution in [-0.4, -0.2) is 0 Å². The molecule has 0 heterocycles. The van der Waals surface area contributed by atoms with E-state index in [4.69, 9.17) is 0 Å². The van der Waals surface area contributed by atoms with Crippen molar-refractivity contribution >= 4 is 0 Å². The van der Waals surface area contributed by atoms with Crippen LogP contribution in [0.25, 0.3) is 0 Å². The molecule has 0 heteroatoms. The third-order valence-electron chi connectivity index (χ3n) is 0.908. The maximum Gasteiger partial charge on any atom is -0.0348 e. The van der Waals surface area contributed by atoms with Crippen LogP contribution in [0.4, 0.5) is 0 Å². The molecular formula is C8H12. The fourth-order valence-electron chi connectivity index (χ4n) is 0.589. The zero-order valence-corrected chi connectivity index (χ0v) is 5.19. The minimum absolute atomic E-state index is 1.32. The van der Waals surface area contributed by atoms with Crippen molar-refractivity contribution in [3.05, 3.63) is 31.0 Å². The predicted octanol–water partition coefficient (Wildman–Crippen LogP) is 2.68. The summed E-state index contributed by atoms with van der Waals surface area (Å²) in [6, 6.07) is 0. The number of hydrogen-bond acceptors (Lipinski definition) is 0. The standard InChI is InChI=1S/C5H8.C3H4/c1-2-4-5-3-1;1-3-2/h1-2H,3-5H2;1-2H2. The summed E-state index contributed by atoms with van der Waals surface area (Å²) in [6.45, 7) is 6.25. The highest BCUT2D eigenvalue weighted by Crippen LogP contribution is 2.05. The second-order valence-electron chi connectivity index (χ2n) is 1.65. The fourth-order valence-corrected chi connectivity index (χ4v) is 0.589. The highest BCUT2D eigenvalue weighted by Gasteiger charge is 1.84. The van der Waals surface area contributed by atoms with Gasteiger partial charge >= 0.3 is 0 Å². The lowest BCUT2D eigenvalue weighted by atomic mass is 10.4. The first-order chi connectivity index (χ1) is 3.91. The Morgan fingerprint density at radius 3 is 1.62 bits per heavy atom. The van der Waals surface area contributed by atoms with Crippen LogP contribution >= 0.6 is 0 Å². The molecule has 0 N–H and O–H groups in total. The zero-order chi connectivity index (χ0) is 6.24. The van der Waals surface area contributed by atoms with E-state index in [1.165, 1.54) is 19.3 Å². The first-order valence-electron chi connectivity index (χ1n) is 2.86. The molecule has 0 aromatic rings. The van der Waals surface area contributed by atoms with Gasteiger partial charge in [0, 0.05) is 0 Å². The molecule has 0 unspecified atom stereocenters. The summed E-state index contributed by atoms with van der Waals surface area (Å²) in [5, 5.41) is 0. The molecule has 0 spiro atoms. The minimum Gasteiger partial charge on any atom is -0.137 e. The van der Waals surface area contributed by atoms with Crippen LogP contribution in [-0.2, 0) is 0 Å². The van der Waals surface area contributed by atoms with Crippen LogP contribution in [0.2, 0.25) is 0 Å². The quantitative estimate of drug-likeness (QED) is 0.330.